The van der Waals surface area contributed by atoms with Crippen LogP contribution in [0.2, 0.25) is 10.0 Å². The van der Waals surface area contributed by atoms with Crippen molar-refractivity contribution < 1.29 is 22.7 Å². The summed E-state index contributed by atoms with van der Waals surface area (Å²) in [4.78, 5) is 12.7. The fourth-order valence-electron chi connectivity index (χ4n) is 3.24. The van der Waals surface area contributed by atoms with Crippen LogP contribution in [-0.4, -0.2) is 18.1 Å². The lowest BCUT2D eigenvalue weighted by atomic mass is 9.96. The van der Waals surface area contributed by atoms with Crippen LogP contribution in [0.3, 0.4) is 0 Å². The maximum atomic E-state index is 12.7. The molecule has 0 saturated heterocycles. The minimum Gasteiger partial charge on any atom is -0.406 e. The predicted octanol–water partition coefficient (Wildman–Crippen LogP) is 7.58. The number of ether oxygens (including phenoxy) is 1. The molecule has 0 saturated carbocycles. The highest BCUT2D eigenvalue weighted by Gasteiger charge is 2.31. The SMILES string of the molecule is Cc1cc(-c2ccc(OC(F)(F)F)cc2)ccc1C(CCl)NC(=O)c1c(Cl)cccc1Cl. The van der Waals surface area contributed by atoms with Crippen LogP contribution < -0.4 is 10.1 Å². The van der Waals surface area contributed by atoms with Gasteiger partial charge >= 0.3 is 6.36 Å². The molecule has 3 aromatic carbocycles. The number of rotatable bonds is 6. The third-order valence-electron chi connectivity index (χ3n) is 4.72. The van der Waals surface area contributed by atoms with E-state index >= 15 is 0 Å². The van der Waals surface area contributed by atoms with E-state index in [1.807, 2.05) is 19.1 Å². The molecule has 0 aliphatic rings. The molecule has 1 amide bonds. The number of hydrogen-bond acceptors (Lipinski definition) is 2. The molecule has 1 unspecified atom stereocenters. The van der Waals surface area contributed by atoms with Crippen LogP contribution in [0.1, 0.15) is 27.5 Å². The summed E-state index contributed by atoms with van der Waals surface area (Å²) >= 11 is 18.4. The highest BCUT2D eigenvalue weighted by atomic mass is 35.5. The Morgan fingerprint density at radius 1 is 1.00 bits per heavy atom. The van der Waals surface area contributed by atoms with Gasteiger partial charge in [0.05, 0.1) is 21.7 Å². The summed E-state index contributed by atoms with van der Waals surface area (Å²) in [5.41, 5.74) is 3.30. The molecule has 0 spiro atoms. The summed E-state index contributed by atoms with van der Waals surface area (Å²) in [6.07, 6.45) is -4.74. The summed E-state index contributed by atoms with van der Waals surface area (Å²) in [5, 5.41) is 3.31. The quantitative estimate of drug-likeness (QED) is 0.353. The number of hydrogen-bond donors (Lipinski definition) is 1. The molecular weight excluding hydrogens is 486 g/mol. The highest BCUT2D eigenvalue weighted by Crippen LogP contribution is 2.30. The number of alkyl halides is 4. The summed E-state index contributed by atoms with van der Waals surface area (Å²) in [6.45, 7) is 1.86. The van der Waals surface area contributed by atoms with E-state index in [1.54, 1.807) is 24.3 Å². The normalized spacial score (nSPS) is 12.3. The molecule has 168 valence electrons. The average Bonchev–Trinajstić information content (AvgIpc) is 2.71. The molecule has 1 atom stereocenters. The zero-order valence-electron chi connectivity index (χ0n) is 16.6. The van der Waals surface area contributed by atoms with Gasteiger partial charge in [0.1, 0.15) is 5.75 Å². The van der Waals surface area contributed by atoms with E-state index in [4.69, 9.17) is 34.8 Å². The molecule has 3 nitrogen and oxygen atoms in total. The van der Waals surface area contributed by atoms with Crippen molar-refractivity contribution in [2.75, 3.05) is 5.88 Å². The molecule has 32 heavy (non-hydrogen) atoms. The lowest BCUT2D eigenvalue weighted by Gasteiger charge is -2.20. The van der Waals surface area contributed by atoms with Gasteiger partial charge < -0.3 is 10.1 Å². The van der Waals surface area contributed by atoms with E-state index in [9.17, 15) is 18.0 Å². The lowest BCUT2D eigenvalue weighted by molar-refractivity contribution is -0.274. The van der Waals surface area contributed by atoms with E-state index in [2.05, 4.69) is 10.1 Å². The van der Waals surface area contributed by atoms with Gasteiger partial charge in [-0.1, -0.05) is 59.6 Å². The average molecular weight is 503 g/mol. The van der Waals surface area contributed by atoms with Gasteiger partial charge in [-0.2, -0.15) is 0 Å². The number of carbonyl (C=O) groups excluding carboxylic acids is 1. The highest BCUT2D eigenvalue weighted by molar-refractivity contribution is 6.39. The van der Waals surface area contributed by atoms with Crippen molar-refractivity contribution in [2.24, 2.45) is 0 Å². The molecule has 0 aromatic heterocycles. The Balaban J connectivity index is 1.81. The summed E-state index contributed by atoms with van der Waals surface area (Å²) in [7, 11) is 0. The zero-order chi connectivity index (χ0) is 23.5. The van der Waals surface area contributed by atoms with Crippen molar-refractivity contribution >= 4 is 40.7 Å². The minimum absolute atomic E-state index is 0.109. The monoisotopic (exact) mass is 501 g/mol. The smallest absolute Gasteiger partial charge is 0.406 e. The summed E-state index contributed by atoms with van der Waals surface area (Å²) in [5.74, 6) is -0.634. The number of carbonyl (C=O) groups is 1. The zero-order valence-corrected chi connectivity index (χ0v) is 18.9. The molecule has 1 N–H and O–H groups in total. The molecule has 9 heteroatoms. The van der Waals surface area contributed by atoms with Crippen molar-refractivity contribution in [2.45, 2.75) is 19.3 Å². The van der Waals surface area contributed by atoms with E-state index < -0.39 is 18.3 Å². The standard InChI is InChI=1S/C23H17Cl3F3NO2/c1-13-11-15(14-5-8-16(9-6-14)32-23(27,28)29)7-10-17(13)20(12-24)30-22(31)21-18(25)3-2-4-19(21)26/h2-11,20H,12H2,1H3,(H,30,31). The molecule has 0 radical (unpaired) electrons. The Labute approximate surface area is 198 Å². The molecular formula is C23H17Cl3F3NO2. The maximum absolute atomic E-state index is 12.7. The first-order chi connectivity index (χ1) is 15.1. The fourth-order valence-corrected chi connectivity index (χ4v) is 4.05. The Morgan fingerprint density at radius 2 is 1.59 bits per heavy atom. The third-order valence-corrected chi connectivity index (χ3v) is 5.65. The number of nitrogens with one attached hydrogen (secondary N) is 1. The molecule has 0 heterocycles. The molecule has 0 fully saturated rings. The molecule has 3 rings (SSSR count). The minimum atomic E-state index is -4.74. The third kappa shape index (κ3) is 5.88. The van der Waals surface area contributed by atoms with Crippen LogP contribution in [-0.2, 0) is 0 Å². The molecule has 0 aliphatic heterocycles. The molecule has 0 bridgehead atoms. The van der Waals surface area contributed by atoms with Crippen molar-refractivity contribution in [3.63, 3.8) is 0 Å². The van der Waals surface area contributed by atoms with Gasteiger partial charge in [0.2, 0.25) is 0 Å². The topological polar surface area (TPSA) is 38.3 Å². The van der Waals surface area contributed by atoms with Crippen molar-refractivity contribution in [1.82, 2.24) is 5.32 Å². The second-order valence-electron chi connectivity index (χ2n) is 6.92. The van der Waals surface area contributed by atoms with Crippen LogP contribution in [0, 0.1) is 6.92 Å². The Hall–Kier alpha value is -2.41. The van der Waals surface area contributed by atoms with Crippen LogP contribution >= 0.6 is 34.8 Å². The van der Waals surface area contributed by atoms with E-state index in [1.165, 1.54) is 24.3 Å². The van der Waals surface area contributed by atoms with Crippen LogP contribution in [0.5, 0.6) is 5.75 Å². The number of aryl methyl sites for hydroxylation is 1. The van der Waals surface area contributed by atoms with Crippen molar-refractivity contribution in [1.29, 1.82) is 0 Å². The summed E-state index contributed by atoms with van der Waals surface area (Å²) in [6, 6.07) is 15.3. The number of amides is 1. The maximum Gasteiger partial charge on any atom is 0.573 e. The first-order valence-corrected chi connectivity index (χ1v) is 10.7. The second kappa shape index (κ2) is 10.0. The van der Waals surface area contributed by atoms with Gasteiger partial charge in [0, 0.05) is 5.88 Å². The van der Waals surface area contributed by atoms with Gasteiger partial charge in [0.25, 0.3) is 5.91 Å². The van der Waals surface area contributed by atoms with E-state index in [0.29, 0.717) is 5.56 Å². The summed E-state index contributed by atoms with van der Waals surface area (Å²) < 4.78 is 40.9. The predicted molar refractivity (Wildman–Crippen MR) is 121 cm³/mol. The second-order valence-corrected chi connectivity index (χ2v) is 8.04. The van der Waals surface area contributed by atoms with E-state index in [-0.39, 0.29) is 27.2 Å². The van der Waals surface area contributed by atoms with Crippen LogP contribution in [0.15, 0.2) is 60.7 Å². The largest absolute Gasteiger partial charge is 0.573 e. The molecule has 0 aliphatic carbocycles. The Bertz CT molecular complexity index is 1100. The van der Waals surface area contributed by atoms with Gasteiger partial charge in [-0.25, -0.2) is 0 Å². The first-order valence-electron chi connectivity index (χ1n) is 9.36. The van der Waals surface area contributed by atoms with Crippen molar-refractivity contribution in [3.05, 3.63) is 87.4 Å². The lowest BCUT2D eigenvalue weighted by Crippen LogP contribution is -2.30. The van der Waals surface area contributed by atoms with E-state index in [0.717, 1.165) is 16.7 Å². The number of benzene rings is 3. The first kappa shape index (κ1) is 24.2. The van der Waals surface area contributed by atoms with Gasteiger partial charge in [-0.3, -0.25) is 4.79 Å². The van der Waals surface area contributed by atoms with Gasteiger partial charge in [-0.05, 0) is 53.4 Å². The van der Waals surface area contributed by atoms with Crippen molar-refractivity contribution in [3.8, 4) is 16.9 Å². The van der Waals surface area contributed by atoms with Gasteiger partial charge in [0.15, 0.2) is 0 Å². The van der Waals surface area contributed by atoms with Crippen LogP contribution in [0.25, 0.3) is 11.1 Å². The fraction of sp³-hybridized carbons (Fsp3) is 0.174. The Kier molecular flexibility index (Phi) is 7.59. The Morgan fingerprint density at radius 3 is 2.12 bits per heavy atom. The number of halogens is 6. The van der Waals surface area contributed by atoms with Gasteiger partial charge in [-0.15, -0.1) is 24.8 Å². The van der Waals surface area contributed by atoms with Crippen LogP contribution in [0.4, 0.5) is 13.2 Å². The molecule has 3 aromatic rings.